The van der Waals surface area contributed by atoms with Crippen LogP contribution in [0, 0.1) is 0 Å². The van der Waals surface area contributed by atoms with E-state index < -0.39 is 0 Å². The van der Waals surface area contributed by atoms with Crippen LogP contribution in [0.4, 0.5) is 0 Å². The van der Waals surface area contributed by atoms with Gasteiger partial charge in [-0.1, -0.05) is 0 Å². The first-order valence-electron chi connectivity index (χ1n) is 4.80. The molecule has 5 heteroatoms. The average molecular weight is 189 g/mol. The quantitative estimate of drug-likeness (QED) is 0.682. The predicted octanol–water partition coefficient (Wildman–Crippen LogP) is 0.430. The third-order valence-corrected chi connectivity index (χ3v) is 2.73. The highest BCUT2D eigenvalue weighted by Crippen LogP contribution is 2.22. The van der Waals surface area contributed by atoms with Crippen molar-refractivity contribution in [1.82, 2.24) is 25.7 Å². The zero-order valence-electron chi connectivity index (χ0n) is 7.70. The fourth-order valence-electron chi connectivity index (χ4n) is 1.92. The maximum Gasteiger partial charge on any atom is 0.201 e. The van der Waals surface area contributed by atoms with Crippen LogP contribution in [-0.4, -0.2) is 33.5 Å². The minimum absolute atomic E-state index is 0.587. The summed E-state index contributed by atoms with van der Waals surface area (Å²) < 4.78 is 0. The Morgan fingerprint density at radius 1 is 1.36 bits per heavy atom. The lowest BCUT2D eigenvalue weighted by atomic mass is 10.0. The van der Waals surface area contributed by atoms with Crippen LogP contribution >= 0.6 is 0 Å². The molecule has 1 saturated heterocycles. The van der Waals surface area contributed by atoms with Crippen molar-refractivity contribution >= 4 is 11.2 Å². The van der Waals surface area contributed by atoms with E-state index in [2.05, 4.69) is 31.8 Å². The fourth-order valence-corrected chi connectivity index (χ4v) is 1.92. The average Bonchev–Trinajstić information content (AvgIpc) is 2.88. The molecule has 0 aromatic carbocycles. The van der Waals surface area contributed by atoms with Gasteiger partial charge in [-0.25, -0.2) is 4.98 Å². The lowest BCUT2D eigenvalue weighted by Crippen LogP contribution is -2.08. The van der Waals surface area contributed by atoms with Crippen molar-refractivity contribution in [2.45, 2.75) is 12.3 Å². The Kier molecular flexibility index (Phi) is 1.70. The molecule has 3 rings (SSSR count). The van der Waals surface area contributed by atoms with Crippen molar-refractivity contribution in [2.75, 3.05) is 13.1 Å². The van der Waals surface area contributed by atoms with Crippen molar-refractivity contribution in [3.8, 4) is 0 Å². The second-order valence-corrected chi connectivity index (χ2v) is 3.62. The first-order valence-corrected chi connectivity index (χ1v) is 4.80. The maximum absolute atomic E-state index is 4.25. The number of aromatic amines is 1. The van der Waals surface area contributed by atoms with Gasteiger partial charge in [0.25, 0.3) is 0 Å². The Labute approximate surface area is 80.9 Å². The molecule has 1 atom stereocenters. The number of aromatic nitrogens is 4. The number of nitrogens with one attached hydrogen (secondary N) is 2. The second-order valence-electron chi connectivity index (χ2n) is 3.62. The van der Waals surface area contributed by atoms with E-state index in [4.69, 9.17) is 0 Å². The first-order chi connectivity index (χ1) is 6.93. The van der Waals surface area contributed by atoms with E-state index >= 15 is 0 Å². The summed E-state index contributed by atoms with van der Waals surface area (Å²) in [6.07, 6.45) is 3.09. The molecule has 14 heavy (non-hydrogen) atoms. The summed E-state index contributed by atoms with van der Waals surface area (Å²) in [5, 5.41) is 13.9. The van der Waals surface area contributed by atoms with E-state index in [0.717, 1.165) is 18.6 Å². The lowest BCUT2D eigenvalue weighted by molar-refractivity contribution is 0.760. The molecule has 1 aliphatic heterocycles. The molecule has 0 amide bonds. The summed E-state index contributed by atoms with van der Waals surface area (Å²) in [7, 11) is 0. The van der Waals surface area contributed by atoms with E-state index in [-0.39, 0.29) is 0 Å². The van der Waals surface area contributed by atoms with Crippen molar-refractivity contribution in [2.24, 2.45) is 0 Å². The molecular formula is C9H11N5. The van der Waals surface area contributed by atoms with Crippen molar-refractivity contribution in [3.63, 3.8) is 0 Å². The van der Waals surface area contributed by atoms with E-state index in [1.807, 2.05) is 6.20 Å². The molecule has 0 aliphatic carbocycles. The number of pyridine rings is 1. The van der Waals surface area contributed by atoms with Gasteiger partial charge < -0.3 is 5.32 Å². The molecule has 0 radical (unpaired) electrons. The summed E-state index contributed by atoms with van der Waals surface area (Å²) >= 11 is 0. The van der Waals surface area contributed by atoms with E-state index in [9.17, 15) is 0 Å². The highest BCUT2D eigenvalue weighted by atomic mass is 15.3. The molecule has 5 nitrogen and oxygen atoms in total. The highest BCUT2D eigenvalue weighted by molar-refractivity contribution is 5.69. The maximum atomic E-state index is 4.25. The summed E-state index contributed by atoms with van der Waals surface area (Å²) in [4.78, 5) is 4.25. The summed E-state index contributed by atoms with van der Waals surface area (Å²) in [5.74, 6) is 0.587. The van der Waals surface area contributed by atoms with Crippen LogP contribution in [0.15, 0.2) is 12.3 Å². The van der Waals surface area contributed by atoms with Gasteiger partial charge in [0.2, 0.25) is 5.65 Å². The Morgan fingerprint density at radius 3 is 3.21 bits per heavy atom. The van der Waals surface area contributed by atoms with Gasteiger partial charge in [-0.3, -0.25) is 0 Å². The van der Waals surface area contributed by atoms with Crippen LogP contribution in [0.2, 0.25) is 0 Å². The molecule has 3 heterocycles. The van der Waals surface area contributed by atoms with Crippen LogP contribution in [0.25, 0.3) is 11.2 Å². The number of hydrogen-bond acceptors (Lipinski definition) is 4. The topological polar surface area (TPSA) is 66.5 Å². The summed E-state index contributed by atoms with van der Waals surface area (Å²) in [5.41, 5.74) is 2.81. The molecule has 1 unspecified atom stereocenters. The van der Waals surface area contributed by atoms with Crippen LogP contribution in [0.1, 0.15) is 17.9 Å². The summed E-state index contributed by atoms with van der Waals surface area (Å²) in [6, 6.07) is 2.07. The monoisotopic (exact) mass is 189 g/mol. The van der Waals surface area contributed by atoms with Crippen LogP contribution in [0.3, 0.4) is 0 Å². The normalized spacial score (nSPS) is 21.9. The summed E-state index contributed by atoms with van der Waals surface area (Å²) in [6.45, 7) is 2.15. The molecule has 72 valence electrons. The van der Waals surface area contributed by atoms with Gasteiger partial charge in [-0.15, -0.1) is 5.10 Å². The number of hydrogen-bond donors (Lipinski definition) is 2. The fraction of sp³-hybridized carbons (Fsp3) is 0.444. The van der Waals surface area contributed by atoms with Crippen LogP contribution in [-0.2, 0) is 0 Å². The third-order valence-electron chi connectivity index (χ3n) is 2.73. The Hall–Kier alpha value is -1.49. The lowest BCUT2D eigenvalue weighted by Gasteiger charge is -2.06. The highest BCUT2D eigenvalue weighted by Gasteiger charge is 2.17. The zero-order valence-corrected chi connectivity index (χ0v) is 7.70. The van der Waals surface area contributed by atoms with Gasteiger partial charge in [0, 0.05) is 12.7 Å². The minimum Gasteiger partial charge on any atom is -0.316 e. The van der Waals surface area contributed by atoms with Gasteiger partial charge in [0.15, 0.2) is 0 Å². The number of H-pyrrole nitrogens is 1. The van der Waals surface area contributed by atoms with Crippen LogP contribution < -0.4 is 5.32 Å². The molecule has 2 aromatic rings. The SMILES string of the molecule is c1nc2n[nH]nc2cc1C1CCNC1. The van der Waals surface area contributed by atoms with E-state index in [1.54, 1.807) is 0 Å². The van der Waals surface area contributed by atoms with Crippen LogP contribution in [0.5, 0.6) is 0 Å². The molecule has 1 aliphatic rings. The number of nitrogens with zero attached hydrogens (tertiary/aromatic N) is 3. The molecule has 2 aromatic heterocycles. The van der Waals surface area contributed by atoms with Gasteiger partial charge in [0.1, 0.15) is 5.52 Å². The van der Waals surface area contributed by atoms with Crippen molar-refractivity contribution < 1.29 is 0 Å². The van der Waals surface area contributed by atoms with Gasteiger partial charge in [-0.05, 0) is 30.5 Å². The predicted molar refractivity (Wildman–Crippen MR) is 51.9 cm³/mol. The molecule has 0 spiro atoms. The van der Waals surface area contributed by atoms with Crippen molar-refractivity contribution in [1.29, 1.82) is 0 Å². The number of rotatable bonds is 1. The Bertz CT molecular complexity index is 443. The first kappa shape index (κ1) is 7.87. The second kappa shape index (κ2) is 3.02. The third kappa shape index (κ3) is 1.17. The van der Waals surface area contributed by atoms with E-state index in [1.165, 1.54) is 12.0 Å². The van der Waals surface area contributed by atoms with Crippen molar-refractivity contribution in [3.05, 3.63) is 17.8 Å². The molecule has 0 bridgehead atoms. The van der Waals surface area contributed by atoms with Gasteiger partial charge in [0.05, 0.1) is 0 Å². The Morgan fingerprint density at radius 2 is 2.36 bits per heavy atom. The Balaban J connectivity index is 2.04. The molecular weight excluding hydrogens is 178 g/mol. The molecule has 0 saturated carbocycles. The number of fused-ring (bicyclic) bond motifs is 1. The van der Waals surface area contributed by atoms with E-state index in [0.29, 0.717) is 11.6 Å². The minimum atomic E-state index is 0.587. The zero-order chi connectivity index (χ0) is 9.38. The smallest absolute Gasteiger partial charge is 0.201 e. The molecule has 1 fully saturated rings. The van der Waals surface area contributed by atoms with Gasteiger partial charge >= 0.3 is 0 Å². The van der Waals surface area contributed by atoms with Gasteiger partial charge in [-0.2, -0.15) is 10.3 Å². The largest absolute Gasteiger partial charge is 0.316 e. The standard InChI is InChI=1S/C9H11N5/c1-2-10-4-6(1)7-3-8-9(11-5-7)13-14-12-8/h3,5-6,10H,1-2,4H2,(H,11,12,13,14). The molecule has 2 N–H and O–H groups in total.